The van der Waals surface area contributed by atoms with Crippen LogP contribution in [0.3, 0.4) is 0 Å². The van der Waals surface area contributed by atoms with Crippen molar-refractivity contribution in [3.05, 3.63) is 76.8 Å². The second kappa shape index (κ2) is 5.20. The Morgan fingerprint density at radius 3 is 2.40 bits per heavy atom. The van der Waals surface area contributed by atoms with Crippen LogP contribution < -0.4 is 0 Å². The van der Waals surface area contributed by atoms with Crippen molar-refractivity contribution in [3.63, 3.8) is 0 Å². The Hall–Kier alpha value is -3.10. The van der Waals surface area contributed by atoms with Crippen molar-refractivity contribution < 1.29 is 0 Å². The van der Waals surface area contributed by atoms with Crippen LogP contribution in [0.2, 0.25) is 0 Å². The minimum atomic E-state index is 0.608. The van der Waals surface area contributed by atoms with Crippen LogP contribution in [0, 0.1) is 11.3 Å². The van der Waals surface area contributed by atoms with E-state index in [9.17, 15) is 5.26 Å². The number of hydrogen-bond donors (Lipinski definition) is 0. The fourth-order valence-electron chi connectivity index (χ4n) is 3.37. The molecule has 4 nitrogen and oxygen atoms in total. The number of benzene rings is 3. The number of fused-ring (bicyclic) bond motifs is 5. The van der Waals surface area contributed by atoms with Gasteiger partial charge in [-0.1, -0.05) is 40.2 Å². The maximum Gasteiger partial charge on any atom is 0.220 e. The summed E-state index contributed by atoms with van der Waals surface area (Å²) in [5.74, 6) is 0.837. The van der Waals surface area contributed by atoms with Crippen LogP contribution in [0.25, 0.3) is 33.5 Å². The van der Waals surface area contributed by atoms with Crippen molar-refractivity contribution in [2.24, 2.45) is 0 Å². The number of imidazole rings is 2. The normalized spacial score (nSPS) is 11.4. The Morgan fingerprint density at radius 2 is 1.60 bits per heavy atom. The van der Waals surface area contributed by atoms with Crippen molar-refractivity contribution in [3.8, 4) is 11.8 Å². The van der Waals surface area contributed by atoms with E-state index < -0.39 is 0 Å². The number of hydrogen-bond acceptors (Lipinski definition) is 2. The highest BCUT2D eigenvalue weighted by Gasteiger charge is 2.17. The molecule has 0 amide bonds. The van der Waals surface area contributed by atoms with E-state index in [1.54, 1.807) is 0 Å². The fourth-order valence-corrected chi connectivity index (χ4v) is 3.85. The van der Waals surface area contributed by atoms with Crippen LogP contribution >= 0.6 is 15.9 Å². The topological polar surface area (TPSA) is 46.0 Å². The summed E-state index contributed by atoms with van der Waals surface area (Å²) < 4.78 is 5.13. The lowest BCUT2D eigenvalue weighted by Gasteiger charge is -2.06. The Labute approximate surface area is 151 Å². The van der Waals surface area contributed by atoms with E-state index in [2.05, 4.69) is 49.2 Å². The van der Waals surface area contributed by atoms with Crippen molar-refractivity contribution >= 4 is 43.8 Å². The maximum atomic E-state index is 9.32. The van der Waals surface area contributed by atoms with Gasteiger partial charge in [0.1, 0.15) is 0 Å². The van der Waals surface area contributed by atoms with Gasteiger partial charge >= 0.3 is 0 Å². The zero-order valence-corrected chi connectivity index (χ0v) is 14.6. The molecule has 0 saturated carbocycles. The summed E-state index contributed by atoms with van der Waals surface area (Å²) in [6, 6.07) is 24.3. The average molecular weight is 387 g/mol. The molecule has 3 aromatic carbocycles. The Balaban J connectivity index is 2.01. The Bertz CT molecular complexity index is 1320. The molecule has 0 atom stereocenters. The van der Waals surface area contributed by atoms with Gasteiger partial charge in [0.05, 0.1) is 39.4 Å². The zero-order valence-electron chi connectivity index (χ0n) is 13.0. The van der Waals surface area contributed by atoms with Gasteiger partial charge in [-0.3, -0.25) is 8.97 Å². The van der Waals surface area contributed by atoms with Crippen molar-refractivity contribution in [1.29, 1.82) is 5.26 Å². The smallest absolute Gasteiger partial charge is 0.220 e. The number of para-hydroxylation sites is 4. The first kappa shape index (κ1) is 14.3. The molecule has 0 aliphatic heterocycles. The summed E-state index contributed by atoms with van der Waals surface area (Å²) in [5, 5.41) is 9.32. The molecule has 5 rings (SSSR count). The maximum absolute atomic E-state index is 9.32. The highest BCUT2D eigenvalue weighted by molar-refractivity contribution is 9.10. The van der Waals surface area contributed by atoms with E-state index in [4.69, 9.17) is 4.98 Å². The lowest BCUT2D eigenvalue weighted by atomic mass is 10.2. The summed E-state index contributed by atoms with van der Waals surface area (Å²) in [5.41, 5.74) is 5.68. The van der Waals surface area contributed by atoms with Gasteiger partial charge in [0, 0.05) is 4.47 Å². The first-order valence-corrected chi connectivity index (χ1v) is 8.63. The third-order valence-corrected chi connectivity index (χ3v) is 4.83. The van der Waals surface area contributed by atoms with Gasteiger partial charge in [-0.2, -0.15) is 5.26 Å². The van der Waals surface area contributed by atoms with Crippen LogP contribution in [-0.4, -0.2) is 14.0 Å². The zero-order chi connectivity index (χ0) is 17.0. The molecule has 0 fully saturated rings. The van der Waals surface area contributed by atoms with Crippen LogP contribution in [0.5, 0.6) is 0 Å². The number of rotatable bonds is 1. The molecule has 25 heavy (non-hydrogen) atoms. The van der Waals surface area contributed by atoms with Crippen molar-refractivity contribution in [2.75, 3.05) is 0 Å². The third kappa shape index (κ3) is 2.01. The SMILES string of the molecule is N#Cc1cc(Br)cc(-n2c3ccccc3n3c4ccccc4nc23)c1. The minimum Gasteiger partial charge on any atom is -0.278 e. The van der Waals surface area contributed by atoms with Gasteiger partial charge < -0.3 is 0 Å². The lowest BCUT2D eigenvalue weighted by Crippen LogP contribution is -1.96. The highest BCUT2D eigenvalue weighted by atomic mass is 79.9. The largest absolute Gasteiger partial charge is 0.278 e. The number of nitrogens with zero attached hydrogens (tertiary/aromatic N) is 4. The van der Waals surface area contributed by atoms with Gasteiger partial charge in [0.2, 0.25) is 5.78 Å². The van der Waals surface area contributed by atoms with E-state index in [1.807, 2.05) is 48.5 Å². The van der Waals surface area contributed by atoms with Gasteiger partial charge in [-0.25, -0.2) is 4.98 Å². The molecule has 118 valence electrons. The summed E-state index contributed by atoms with van der Waals surface area (Å²) in [4.78, 5) is 4.84. The monoisotopic (exact) mass is 386 g/mol. The predicted molar refractivity (Wildman–Crippen MR) is 102 cm³/mol. The second-order valence-corrected chi connectivity index (χ2v) is 6.79. The molecule has 2 heterocycles. The van der Waals surface area contributed by atoms with Gasteiger partial charge in [-0.15, -0.1) is 0 Å². The van der Waals surface area contributed by atoms with E-state index >= 15 is 0 Å². The van der Waals surface area contributed by atoms with Crippen molar-refractivity contribution in [1.82, 2.24) is 14.0 Å². The summed E-state index contributed by atoms with van der Waals surface area (Å²) in [6.07, 6.45) is 0. The summed E-state index contributed by atoms with van der Waals surface area (Å²) in [7, 11) is 0. The number of nitriles is 1. The molecule has 0 spiro atoms. The quantitative estimate of drug-likeness (QED) is 0.403. The highest BCUT2D eigenvalue weighted by Crippen LogP contribution is 2.30. The lowest BCUT2D eigenvalue weighted by molar-refractivity contribution is 1.11. The molecule has 0 unspecified atom stereocenters. The van der Waals surface area contributed by atoms with Gasteiger partial charge in [0.15, 0.2) is 0 Å². The second-order valence-electron chi connectivity index (χ2n) is 5.87. The van der Waals surface area contributed by atoms with E-state index in [1.165, 1.54) is 0 Å². The minimum absolute atomic E-state index is 0.608. The third-order valence-electron chi connectivity index (χ3n) is 4.38. The first-order valence-electron chi connectivity index (χ1n) is 7.84. The van der Waals surface area contributed by atoms with Gasteiger partial charge in [-0.05, 0) is 42.5 Å². The van der Waals surface area contributed by atoms with E-state index in [-0.39, 0.29) is 0 Å². The standard InChI is InChI=1S/C20H11BrN4/c21-14-9-13(12-22)10-15(11-14)24-18-7-3-4-8-19(18)25-17-6-2-1-5-16(17)23-20(24)25/h1-11H. The molecular weight excluding hydrogens is 376 g/mol. The first-order chi connectivity index (χ1) is 12.3. The predicted octanol–water partition coefficient (Wildman–Crippen LogP) is 5.07. The van der Waals surface area contributed by atoms with Crippen LogP contribution in [0.4, 0.5) is 0 Å². The molecule has 0 saturated heterocycles. The van der Waals surface area contributed by atoms with Gasteiger partial charge in [0.25, 0.3) is 0 Å². The van der Waals surface area contributed by atoms with Crippen LogP contribution in [-0.2, 0) is 0 Å². The molecule has 0 N–H and O–H groups in total. The van der Waals surface area contributed by atoms with Crippen LogP contribution in [0.1, 0.15) is 5.56 Å². The Kier molecular flexibility index (Phi) is 2.97. The summed E-state index contributed by atoms with van der Waals surface area (Å²) >= 11 is 3.51. The molecule has 0 bridgehead atoms. The molecule has 0 aliphatic rings. The molecular formula is C20H11BrN4. The van der Waals surface area contributed by atoms with Crippen LogP contribution in [0.15, 0.2) is 71.2 Å². The average Bonchev–Trinajstić information content (AvgIpc) is 3.15. The van der Waals surface area contributed by atoms with E-state index in [0.29, 0.717) is 5.56 Å². The summed E-state index contributed by atoms with van der Waals surface area (Å²) in [6.45, 7) is 0. The number of halogens is 1. The fraction of sp³-hybridized carbons (Fsp3) is 0. The molecule has 0 aliphatic carbocycles. The molecule has 0 radical (unpaired) electrons. The molecule has 5 heteroatoms. The van der Waals surface area contributed by atoms with E-state index in [0.717, 1.165) is 38.0 Å². The number of aromatic nitrogens is 3. The molecule has 5 aromatic rings. The molecule has 2 aromatic heterocycles. The van der Waals surface area contributed by atoms with Crippen molar-refractivity contribution in [2.45, 2.75) is 0 Å². The Morgan fingerprint density at radius 1 is 0.880 bits per heavy atom.